The normalized spacial score (nSPS) is 10.8. The van der Waals surface area contributed by atoms with E-state index in [1.807, 2.05) is 32.1 Å². The van der Waals surface area contributed by atoms with Crippen LogP contribution in [0, 0.1) is 11.3 Å². The minimum atomic E-state index is -0.00880. The van der Waals surface area contributed by atoms with E-state index in [1.165, 1.54) is 0 Å². The minimum absolute atomic E-state index is 0.00880. The van der Waals surface area contributed by atoms with Crippen LogP contribution < -0.4 is 5.32 Å². The zero-order valence-corrected chi connectivity index (χ0v) is 10.9. The molecular formula is C15H18N2O. The van der Waals surface area contributed by atoms with Crippen molar-refractivity contribution in [2.45, 2.75) is 26.7 Å². The molecule has 0 spiro atoms. The monoisotopic (exact) mass is 242 g/mol. The van der Waals surface area contributed by atoms with E-state index in [0.29, 0.717) is 18.5 Å². The lowest BCUT2D eigenvalue weighted by Gasteiger charge is -2.03. The number of hydrogen-bond acceptors (Lipinski definition) is 2. The topological polar surface area (TPSA) is 52.9 Å². The molecule has 1 rings (SSSR count). The lowest BCUT2D eigenvalue weighted by atomic mass is 10.1. The van der Waals surface area contributed by atoms with E-state index in [2.05, 4.69) is 11.4 Å². The molecule has 0 aliphatic carbocycles. The van der Waals surface area contributed by atoms with Crippen LogP contribution in [0.4, 0.5) is 0 Å². The first-order valence-corrected chi connectivity index (χ1v) is 6.11. The fraction of sp³-hybridized carbons (Fsp3) is 0.333. The highest BCUT2D eigenvalue weighted by Gasteiger charge is 2.02. The van der Waals surface area contributed by atoms with Crippen LogP contribution in [0.5, 0.6) is 0 Å². The molecule has 0 aliphatic rings. The lowest BCUT2D eigenvalue weighted by molar-refractivity contribution is -0.117. The summed E-state index contributed by atoms with van der Waals surface area (Å²) in [5, 5.41) is 11.5. The van der Waals surface area contributed by atoms with Crippen LogP contribution >= 0.6 is 0 Å². The number of carbonyl (C=O) groups excluding carboxylic acids is 1. The standard InChI is InChI=1S/C15H18N2O/c1-3-10-17-15(18)12(2)4-5-13-6-8-14(11-16)9-7-13/h4,6-9H,3,5,10H2,1-2H3,(H,17,18)/b12-4+. The van der Waals surface area contributed by atoms with Gasteiger partial charge in [0.1, 0.15) is 0 Å². The average molecular weight is 242 g/mol. The first-order valence-electron chi connectivity index (χ1n) is 6.11. The number of rotatable bonds is 5. The maximum absolute atomic E-state index is 11.6. The van der Waals surface area contributed by atoms with Crippen molar-refractivity contribution in [1.82, 2.24) is 5.32 Å². The summed E-state index contributed by atoms with van der Waals surface area (Å²) in [6, 6.07) is 9.47. The van der Waals surface area contributed by atoms with Gasteiger partial charge in [-0.05, 0) is 37.5 Å². The third-order valence-electron chi connectivity index (χ3n) is 2.62. The highest BCUT2D eigenvalue weighted by atomic mass is 16.1. The van der Waals surface area contributed by atoms with Gasteiger partial charge in [0.05, 0.1) is 11.6 Å². The van der Waals surface area contributed by atoms with Crippen molar-refractivity contribution < 1.29 is 4.79 Å². The summed E-state index contributed by atoms with van der Waals surface area (Å²) >= 11 is 0. The van der Waals surface area contributed by atoms with E-state index in [0.717, 1.165) is 17.6 Å². The molecule has 3 heteroatoms. The number of amides is 1. The molecule has 0 bridgehead atoms. The quantitative estimate of drug-likeness (QED) is 0.807. The molecule has 94 valence electrons. The van der Waals surface area contributed by atoms with Crippen LogP contribution in [0.1, 0.15) is 31.4 Å². The molecule has 0 atom stereocenters. The molecule has 1 N–H and O–H groups in total. The van der Waals surface area contributed by atoms with Crippen molar-refractivity contribution in [2.24, 2.45) is 0 Å². The van der Waals surface area contributed by atoms with Gasteiger partial charge in [-0.3, -0.25) is 4.79 Å². The second-order valence-corrected chi connectivity index (χ2v) is 4.16. The van der Waals surface area contributed by atoms with Gasteiger partial charge >= 0.3 is 0 Å². The van der Waals surface area contributed by atoms with Gasteiger partial charge in [0.25, 0.3) is 0 Å². The SMILES string of the molecule is CCCNC(=O)/C(C)=C/Cc1ccc(C#N)cc1. The number of allylic oxidation sites excluding steroid dienone is 1. The van der Waals surface area contributed by atoms with Gasteiger partial charge in [-0.25, -0.2) is 0 Å². The second kappa shape index (κ2) is 7.29. The number of carbonyl (C=O) groups is 1. The van der Waals surface area contributed by atoms with Crippen LogP contribution in [-0.2, 0) is 11.2 Å². The molecule has 1 amide bonds. The third-order valence-corrected chi connectivity index (χ3v) is 2.62. The summed E-state index contributed by atoms with van der Waals surface area (Å²) in [5.41, 5.74) is 2.48. The van der Waals surface area contributed by atoms with E-state index >= 15 is 0 Å². The predicted molar refractivity (Wildman–Crippen MR) is 71.9 cm³/mol. The fourth-order valence-corrected chi connectivity index (χ4v) is 1.46. The van der Waals surface area contributed by atoms with Crippen molar-refractivity contribution in [3.63, 3.8) is 0 Å². The Hall–Kier alpha value is -2.08. The fourth-order valence-electron chi connectivity index (χ4n) is 1.46. The van der Waals surface area contributed by atoms with E-state index in [-0.39, 0.29) is 5.91 Å². The molecule has 0 aromatic heterocycles. The van der Waals surface area contributed by atoms with E-state index in [1.54, 1.807) is 12.1 Å². The molecule has 18 heavy (non-hydrogen) atoms. The molecular weight excluding hydrogens is 224 g/mol. The van der Waals surface area contributed by atoms with Gasteiger partial charge in [0.2, 0.25) is 5.91 Å². The number of benzene rings is 1. The average Bonchev–Trinajstić information content (AvgIpc) is 2.42. The molecule has 0 fully saturated rings. The molecule has 0 saturated carbocycles. The Morgan fingerprint density at radius 1 is 1.39 bits per heavy atom. The molecule has 0 heterocycles. The molecule has 3 nitrogen and oxygen atoms in total. The van der Waals surface area contributed by atoms with Gasteiger partial charge in [-0.1, -0.05) is 25.1 Å². The van der Waals surface area contributed by atoms with Crippen molar-refractivity contribution in [2.75, 3.05) is 6.54 Å². The van der Waals surface area contributed by atoms with Gasteiger partial charge in [0.15, 0.2) is 0 Å². The molecule has 1 aromatic carbocycles. The Morgan fingerprint density at radius 2 is 2.06 bits per heavy atom. The van der Waals surface area contributed by atoms with Gasteiger partial charge in [-0.2, -0.15) is 5.26 Å². The number of nitrogens with one attached hydrogen (secondary N) is 1. The summed E-state index contributed by atoms with van der Waals surface area (Å²) in [7, 11) is 0. The zero-order valence-electron chi connectivity index (χ0n) is 10.9. The first kappa shape index (κ1) is 14.0. The van der Waals surface area contributed by atoms with Crippen molar-refractivity contribution >= 4 is 5.91 Å². The van der Waals surface area contributed by atoms with Crippen LogP contribution in [-0.4, -0.2) is 12.5 Å². The van der Waals surface area contributed by atoms with Gasteiger partial charge < -0.3 is 5.32 Å². The van der Waals surface area contributed by atoms with Crippen LogP contribution in [0.3, 0.4) is 0 Å². The Labute approximate surface area is 108 Å². The maximum atomic E-state index is 11.6. The Kier molecular flexibility index (Phi) is 5.66. The molecule has 0 saturated heterocycles. The van der Waals surface area contributed by atoms with Crippen LogP contribution in [0.2, 0.25) is 0 Å². The minimum Gasteiger partial charge on any atom is -0.352 e. The summed E-state index contributed by atoms with van der Waals surface area (Å²) in [6.45, 7) is 4.55. The molecule has 0 aliphatic heterocycles. The van der Waals surface area contributed by atoms with Crippen molar-refractivity contribution in [3.8, 4) is 6.07 Å². The number of hydrogen-bond donors (Lipinski definition) is 1. The van der Waals surface area contributed by atoms with Crippen molar-refractivity contribution in [1.29, 1.82) is 5.26 Å². The highest BCUT2D eigenvalue weighted by molar-refractivity contribution is 5.92. The van der Waals surface area contributed by atoms with Crippen molar-refractivity contribution in [3.05, 3.63) is 47.0 Å². The Balaban J connectivity index is 2.56. The van der Waals surface area contributed by atoms with Gasteiger partial charge in [-0.15, -0.1) is 0 Å². The lowest BCUT2D eigenvalue weighted by Crippen LogP contribution is -2.24. The molecule has 0 radical (unpaired) electrons. The number of nitriles is 1. The van der Waals surface area contributed by atoms with Gasteiger partial charge in [0, 0.05) is 12.1 Å². The number of nitrogens with zero attached hydrogens (tertiary/aromatic N) is 1. The smallest absolute Gasteiger partial charge is 0.246 e. The summed E-state index contributed by atoms with van der Waals surface area (Å²) in [6.07, 6.45) is 3.55. The Morgan fingerprint density at radius 3 is 2.61 bits per heavy atom. The third kappa shape index (κ3) is 4.42. The first-order chi connectivity index (χ1) is 8.67. The molecule has 0 unspecified atom stereocenters. The zero-order chi connectivity index (χ0) is 13.4. The van der Waals surface area contributed by atoms with Crippen LogP contribution in [0.25, 0.3) is 0 Å². The van der Waals surface area contributed by atoms with Crippen LogP contribution in [0.15, 0.2) is 35.9 Å². The summed E-state index contributed by atoms with van der Waals surface area (Å²) < 4.78 is 0. The predicted octanol–water partition coefficient (Wildman–Crippen LogP) is 2.57. The summed E-state index contributed by atoms with van der Waals surface area (Å²) in [5.74, 6) is -0.00880. The summed E-state index contributed by atoms with van der Waals surface area (Å²) in [4.78, 5) is 11.6. The van der Waals surface area contributed by atoms with E-state index in [9.17, 15) is 4.79 Å². The van der Waals surface area contributed by atoms with E-state index in [4.69, 9.17) is 5.26 Å². The molecule has 1 aromatic rings. The van der Waals surface area contributed by atoms with E-state index < -0.39 is 0 Å². The second-order valence-electron chi connectivity index (χ2n) is 4.16. The largest absolute Gasteiger partial charge is 0.352 e. The maximum Gasteiger partial charge on any atom is 0.246 e. The highest BCUT2D eigenvalue weighted by Crippen LogP contribution is 2.06. The Bertz CT molecular complexity index is 466.